The minimum atomic E-state index is -0.244. The molecule has 2 amide bonds. The van der Waals surface area contributed by atoms with Crippen LogP contribution in [0.2, 0.25) is 5.02 Å². The second-order valence-electron chi connectivity index (χ2n) is 5.65. The normalized spacial score (nSPS) is 10.3. The summed E-state index contributed by atoms with van der Waals surface area (Å²) >= 11 is 6.06. The van der Waals surface area contributed by atoms with Gasteiger partial charge in [-0.05, 0) is 49.2 Å². The molecule has 0 bridgehead atoms. The van der Waals surface area contributed by atoms with Crippen molar-refractivity contribution in [3.63, 3.8) is 0 Å². The number of anilines is 2. The Hall–Kier alpha value is -2.33. The summed E-state index contributed by atoms with van der Waals surface area (Å²) in [6.45, 7) is 3.93. The van der Waals surface area contributed by atoms with Gasteiger partial charge in [0.05, 0.1) is 0 Å². The molecule has 2 rings (SSSR count). The summed E-state index contributed by atoms with van der Waals surface area (Å²) in [5.74, 6) is -0.267. The summed E-state index contributed by atoms with van der Waals surface area (Å²) in [5.41, 5.74) is 2.69. The molecule has 5 heteroatoms. The van der Waals surface area contributed by atoms with E-state index in [0.717, 1.165) is 18.4 Å². The zero-order chi connectivity index (χ0) is 17.5. The van der Waals surface area contributed by atoms with Gasteiger partial charge in [-0.2, -0.15) is 0 Å². The van der Waals surface area contributed by atoms with Gasteiger partial charge >= 0.3 is 0 Å². The van der Waals surface area contributed by atoms with Crippen molar-refractivity contribution in [2.75, 3.05) is 10.6 Å². The van der Waals surface area contributed by atoms with Crippen molar-refractivity contribution in [1.29, 1.82) is 0 Å². The number of unbranched alkanes of at least 4 members (excludes halogenated alkanes) is 1. The SMILES string of the molecule is CCCCC(=O)Nc1cccc(NC(=O)c2ccc(C)c(Cl)c2)c1. The third-order valence-electron chi connectivity index (χ3n) is 3.60. The number of benzene rings is 2. The third kappa shape index (κ3) is 5.10. The first-order valence-corrected chi connectivity index (χ1v) is 8.35. The van der Waals surface area contributed by atoms with E-state index >= 15 is 0 Å². The predicted octanol–water partition coefficient (Wildman–Crippen LogP) is 5.03. The molecule has 0 aliphatic heterocycles. The minimum Gasteiger partial charge on any atom is -0.326 e. The molecule has 4 nitrogen and oxygen atoms in total. The van der Waals surface area contributed by atoms with Gasteiger partial charge in [0.2, 0.25) is 5.91 Å². The van der Waals surface area contributed by atoms with E-state index in [1.54, 1.807) is 36.4 Å². The molecule has 2 N–H and O–H groups in total. The van der Waals surface area contributed by atoms with Crippen LogP contribution in [0.25, 0.3) is 0 Å². The van der Waals surface area contributed by atoms with Gasteiger partial charge in [0.15, 0.2) is 0 Å². The van der Waals surface area contributed by atoms with Crippen molar-refractivity contribution in [2.24, 2.45) is 0 Å². The standard InChI is InChI=1S/C19H21ClN2O2/c1-3-4-8-18(23)21-15-6-5-7-16(12-15)22-19(24)14-10-9-13(2)17(20)11-14/h5-7,9-12H,3-4,8H2,1-2H3,(H,21,23)(H,22,24). The molecule has 0 radical (unpaired) electrons. The van der Waals surface area contributed by atoms with Crippen LogP contribution in [-0.2, 0) is 4.79 Å². The second-order valence-corrected chi connectivity index (χ2v) is 6.06. The Morgan fingerprint density at radius 1 is 1.04 bits per heavy atom. The molecular formula is C19H21ClN2O2. The molecule has 0 aliphatic rings. The Bertz CT molecular complexity index is 744. The first kappa shape index (κ1) is 18.0. The molecule has 0 atom stereocenters. The van der Waals surface area contributed by atoms with E-state index in [1.807, 2.05) is 19.9 Å². The van der Waals surface area contributed by atoms with E-state index in [4.69, 9.17) is 11.6 Å². The first-order valence-electron chi connectivity index (χ1n) is 7.97. The number of carbonyl (C=O) groups is 2. The lowest BCUT2D eigenvalue weighted by molar-refractivity contribution is -0.116. The van der Waals surface area contributed by atoms with E-state index < -0.39 is 0 Å². The van der Waals surface area contributed by atoms with E-state index in [2.05, 4.69) is 10.6 Å². The number of hydrogen-bond donors (Lipinski definition) is 2. The van der Waals surface area contributed by atoms with Crippen LogP contribution in [0.1, 0.15) is 42.1 Å². The number of carbonyl (C=O) groups excluding carboxylic acids is 2. The highest BCUT2D eigenvalue weighted by Crippen LogP contribution is 2.19. The summed E-state index contributed by atoms with van der Waals surface area (Å²) in [6, 6.07) is 12.3. The summed E-state index contributed by atoms with van der Waals surface area (Å²) in [5, 5.41) is 6.20. The molecule has 24 heavy (non-hydrogen) atoms. The maximum absolute atomic E-state index is 12.3. The summed E-state index contributed by atoms with van der Waals surface area (Å²) in [4.78, 5) is 24.1. The molecule has 126 valence electrons. The fraction of sp³-hybridized carbons (Fsp3) is 0.263. The van der Waals surface area contributed by atoms with Gasteiger partial charge in [-0.15, -0.1) is 0 Å². The van der Waals surface area contributed by atoms with Crippen LogP contribution in [0.3, 0.4) is 0 Å². The molecule has 0 heterocycles. The van der Waals surface area contributed by atoms with E-state index in [0.29, 0.717) is 28.4 Å². The van der Waals surface area contributed by atoms with Gasteiger partial charge in [0.1, 0.15) is 0 Å². The van der Waals surface area contributed by atoms with Crippen molar-refractivity contribution in [2.45, 2.75) is 33.1 Å². The van der Waals surface area contributed by atoms with Gasteiger partial charge in [0.25, 0.3) is 5.91 Å². The molecule has 0 aliphatic carbocycles. The van der Waals surface area contributed by atoms with E-state index in [1.165, 1.54) is 0 Å². The van der Waals surface area contributed by atoms with Gasteiger partial charge in [0, 0.05) is 28.4 Å². The Balaban J connectivity index is 2.04. The Morgan fingerprint density at radius 3 is 2.42 bits per heavy atom. The number of aryl methyl sites for hydroxylation is 1. The van der Waals surface area contributed by atoms with Crippen molar-refractivity contribution < 1.29 is 9.59 Å². The van der Waals surface area contributed by atoms with Crippen molar-refractivity contribution in [1.82, 2.24) is 0 Å². The number of amides is 2. The fourth-order valence-electron chi connectivity index (χ4n) is 2.17. The molecule has 0 saturated carbocycles. The van der Waals surface area contributed by atoms with Gasteiger partial charge < -0.3 is 10.6 Å². The van der Waals surface area contributed by atoms with Crippen LogP contribution < -0.4 is 10.6 Å². The van der Waals surface area contributed by atoms with Gasteiger partial charge in [-0.3, -0.25) is 9.59 Å². The average Bonchev–Trinajstić information content (AvgIpc) is 2.55. The molecule has 0 saturated heterocycles. The van der Waals surface area contributed by atoms with Crippen LogP contribution in [0, 0.1) is 6.92 Å². The first-order chi connectivity index (χ1) is 11.5. The van der Waals surface area contributed by atoms with Crippen molar-refractivity contribution in [3.05, 3.63) is 58.6 Å². The second kappa shape index (κ2) is 8.50. The molecular weight excluding hydrogens is 324 g/mol. The van der Waals surface area contributed by atoms with Crippen molar-refractivity contribution >= 4 is 34.8 Å². The minimum absolute atomic E-state index is 0.0226. The lowest BCUT2D eigenvalue weighted by Gasteiger charge is -2.09. The number of nitrogens with one attached hydrogen (secondary N) is 2. The van der Waals surface area contributed by atoms with Crippen LogP contribution in [-0.4, -0.2) is 11.8 Å². The summed E-state index contributed by atoms with van der Waals surface area (Å²) in [7, 11) is 0. The van der Waals surface area contributed by atoms with Crippen LogP contribution in [0.15, 0.2) is 42.5 Å². The number of halogens is 1. The highest BCUT2D eigenvalue weighted by atomic mass is 35.5. The van der Waals surface area contributed by atoms with Gasteiger partial charge in [-0.25, -0.2) is 0 Å². The molecule has 0 fully saturated rings. The molecule has 0 aromatic heterocycles. The molecule has 2 aromatic rings. The van der Waals surface area contributed by atoms with Crippen LogP contribution >= 0.6 is 11.6 Å². The summed E-state index contributed by atoms with van der Waals surface area (Å²) < 4.78 is 0. The highest BCUT2D eigenvalue weighted by molar-refractivity contribution is 6.31. The Labute approximate surface area is 147 Å². The van der Waals surface area contributed by atoms with Crippen molar-refractivity contribution in [3.8, 4) is 0 Å². The fourth-order valence-corrected chi connectivity index (χ4v) is 2.35. The Morgan fingerprint density at radius 2 is 1.75 bits per heavy atom. The lowest BCUT2D eigenvalue weighted by Crippen LogP contribution is -2.13. The third-order valence-corrected chi connectivity index (χ3v) is 4.00. The Kier molecular flexibility index (Phi) is 6.38. The van der Waals surface area contributed by atoms with Crippen LogP contribution in [0.5, 0.6) is 0 Å². The zero-order valence-electron chi connectivity index (χ0n) is 13.9. The van der Waals surface area contributed by atoms with E-state index in [-0.39, 0.29) is 11.8 Å². The lowest BCUT2D eigenvalue weighted by atomic mass is 10.1. The van der Waals surface area contributed by atoms with Gasteiger partial charge in [-0.1, -0.05) is 37.1 Å². The maximum Gasteiger partial charge on any atom is 0.255 e. The molecule has 0 unspecified atom stereocenters. The average molecular weight is 345 g/mol. The largest absolute Gasteiger partial charge is 0.326 e. The molecule has 2 aromatic carbocycles. The quantitative estimate of drug-likeness (QED) is 0.772. The monoisotopic (exact) mass is 344 g/mol. The van der Waals surface area contributed by atoms with E-state index in [9.17, 15) is 9.59 Å². The number of rotatable bonds is 6. The maximum atomic E-state index is 12.3. The smallest absolute Gasteiger partial charge is 0.255 e. The zero-order valence-corrected chi connectivity index (χ0v) is 14.6. The molecule has 0 spiro atoms. The topological polar surface area (TPSA) is 58.2 Å². The highest BCUT2D eigenvalue weighted by Gasteiger charge is 2.09. The van der Waals surface area contributed by atoms with Crippen LogP contribution in [0.4, 0.5) is 11.4 Å². The predicted molar refractivity (Wildman–Crippen MR) is 98.7 cm³/mol. The summed E-state index contributed by atoms with van der Waals surface area (Å²) in [6.07, 6.45) is 2.33. The number of hydrogen-bond acceptors (Lipinski definition) is 2.